The minimum Gasteiger partial charge on any atom is -0.299 e. The monoisotopic (exact) mass is 370 g/mol. The quantitative estimate of drug-likeness (QED) is 0.598. The maximum absolute atomic E-state index is 13.2. The lowest BCUT2D eigenvalue weighted by molar-refractivity contribution is -0.148. The Morgan fingerprint density at radius 3 is 2.56 bits per heavy atom. The Bertz CT molecular complexity index is 705. The first-order valence-corrected chi connectivity index (χ1v) is 11.4. The molecule has 2 heteroatoms. The van der Waals surface area contributed by atoms with Crippen LogP contribution in [0.1, 0.15) is 86.5 Å². The van der Waals surface area contributed by atoms with Gasteiger partial charge in [-0.1, -0.05) is 47.1 Å². The molecule has 0 radical (unpaired) electrons. The van der Waals surface area contributed by atoms with Crippen molar-refractivity contribution in [1.82, 2.24) is 0 Å². The van der Waals surface area contributed by atoms with Crippen LogP contribution in [0.15, 0.2) is 11.6 Å². The summed E-state index contributed by atoms with van der Waals surface area (Å²) in [6, 6.07) is 0. The number of hydrogen-bond acceptors (Lipinski definition) is 2. The van der Waals surface area contributed by atoms with Crippen molar-refractivity contribution in [1.29, 1.82) is 0 Å². The number of ketones is 2. The van der Waals surface area contributed by atoms with Crippen molar-refractivity contribution in [3.8, 4) is 0 Å². The van der Waals surface area contributed by atoms with Gasteiger partial charge in [0.25, 0.3) is 0 Å². The van der Waals surface area contributed by atoms with E-state index in [-0.39, 0.29) is 16.2 Å². The molecule has 0 spiro atoms. The maximum Gasteiger partial charge on any atom is 0.155 e. The minimum absolute atomic E-state index is 0.127. The lowest BCUT2D eigenvalue weighted by atomic mass is 9.42. The van der Waals surface area contributed by atoms with Gasteiger partial charge in [-0.3, -0.25) is 9.59 Å². The van der Waals surface area contributed by atoms with Crippen LogP contribution in [0.3, 0.4) is 0 Å². The van der Waals surface area contributed by atoms with Crippen LogP contribution in [-0.2, 0) is 9.59 Å². The van der Waals surface area contributed by atoms with Crippen LogP contribution >= 0.6 is 0 Å². The molecule has 0 aromatic carbocycles. The molecule has 0 amide bonds. The van der Waals surface area contributed by atoms with Gasteiger partial charge in [0.2, 0.25) is 0 Å². The lowest BCUT2D eigenvalue weighted by Crippen LogP contribution is -2.56. The van der Waals surface area contributed by atoms with Gasteiger partial charge in [0.15, 0.2) is 5.78 Å². The molecule has 0 aromatic rings. The molecule has 0 aliphatic heterocycles. The molecule has 4 aliphatic rings. The molecule has 2 nitrogen and oxygen atoms in total. The van der Waals surface area contributed by atoms with E-state index in [1.807, 2.05) is 13.0 Å². The lowest BCUT2D eigenvalue weighted by Gasteiger charge is -2.62. The zero-order valence-corrected chi connectivity index (χ0v) is 18.2. The van der Waals surface area contributed by atoms with E-state index in [9.17, 15) is 9.59 Å². The summed E-state index contributed by atoms with van der Waals surface area (Å²) >= 11 is 0. The molecule has 3 fully saturated rings. The Kier molecular flexibility index (Phi) is 4.34. The summed E-state index contributed by atoms with van der Waals surface area (Å²) in [5.41, 5.74) is 1.59. The van der Waals surface area contributed by atoms with Gasteiger partial charge in [0, 0.05) is 18.3 Å². The summed E-state index contributed by atoms with van der Waals surface area (Å²) in [6.45, 7) is 14.0. The fourth-order valence-corrected chi connectivity index (χ4v) is 8.78. The van der Waals surface area contributed by atoms with Crippen LogP contribution in [0.2, 0.25) is 0 Å². The maximum atomic E-state index is 13.2. The van der Waals surface area contributed by atoms with Gasteiger partial charge in [-0.2, -0.15) is 0 Å². The Hall–Kier alpha value is -0.920. The van der Waals surface area contributed by atoms with Crippen molar-refractivity contribution < 1.29 is 9.59 Å². The van der Waals surface area contributed by atoms with Gasteiger partial charge in [-0.25, -0.2) is 0 Å². The highest BCUT2D eigenvalue weighted by Gasteiger charge is 2.68. The molecule has 0 N–H and O–H groups in total. The van der Waals surface area contributed by atoms with E-state index in [4.69, 9.17) is 0 Å². The second-order valence-corrected chi connectivity index (χ2v) is 11.1. The van der Waals surface area contributed by atoms with Gasteiger partial charge >= 0.3 is 0 Å². The second-order valence-electron chi connectivity index (χ2n) is 11.1. The van der Waals surface area contributed by atoms with Crippen LogP contribution in [0.4, 0.5) is 0 Å². The molecule has 150 valence electrons. The number of hydrogen-bond donors (Lipinski definition) is 0. The molecule has 4 aliphatic carbocycles. The van der Waals surface area contributed by atoms with Crippen LogP contribution in [0.25, 0.3) is 0 Å². The number of Topliss-reactive ketones (excluding diaryl/α,β-unsaturated/α-hetero) is 1. The molecule has 3 saturated carbocycles. The summed E-state index contributed by atoms with van der Waals surface area (Å²) < 4.78 is 0. The predicted molar refractivity (Wildman–Crippen MR) is 109 cm³/mol. The van der Waals surface area contributed by atoms with E-state index < -0.39 is 0 Å². The fraction of sp³-hybridized carbons (Fsp3) is 0.840. The number of allylic oxidation sites excluding steroid dienone is 1. The highest BCUT2D eigenvalue weighted by atomic mass is 16.1. The zero-order chi connectivity index (χ0) is 19.8. The van der Waals surface area contributed by atoms with Crippen LogP contribution in [0, 0.1) is 45.8 Å². The van der Waals surface area contributed by atoms with Crippen molar-refractivity contribution in [2.45, 2.75) is 86.5 Å². The largest absolute Gasteiger partial charge is 0.299 e. The van der Waals surface area contributed by atoms with E-state index in [1.165, 1.54) is 24.8 Å². The third-order valence-electron chi connectivity index (χ3n) is 10.3. The Morgan fingerprint density at radius 2 is 1.89 bits per heavy atom. The van der Waals surface area contributed by atoms with Crippen LogP contribution in [0.5, 0.6) is 0 Å². The van der Waals surface area contributed by atoms with Crippen molar-refractivity contribution in [3.05, 3.63) is 11.6 Å². The average Bonchev–Trinajstić information content (AvgIpc) is 2.82. The zero-order valence-electron chi connectivity index (χ0n) is 18.2. The molecule has 0 heterocycles. The van der Waals surface area contributed by atoms with Crippen molar-refractivity contribution >= 4 is 11.6 Å². The topological polar surface area (TPSA) is 34.1 Å². The standard InChI is InChI=1S/C25H38O2/c1-7-21(27)25(6)16(3)12-20-19-9-8-17-13-18(26)10-11-23(17,4)22(19)15(2)14-24(20,25)5/h13,15-16,19-20,22H,7-12,14H2,1-6H3/t15-,16+,19-,20-,22-,23-,24-,25+/m0/s1. The Balaban J connectivity index is 1.77. The highest BCUT2D eigenvalue weighted by Crippen LogP contribution is 2.72. The summed E-state index contributed by atoms with van der Waals surface area (Å²) in [5, 5.41) is 0. The second kappa shape index (κ2) is 6.04. The summed E-state index contributed by atoms with van der Waals surface area (Å²) in [6.07, 6.45) is 9.11. The van der Waals surface area contributed by atoms with Gasteiger partial charge < -0.3 is 0 Å². The summed E-state index contributed by atoms with van der Waals surface area (Å²) in [7, 11) is 0. The third-order valence-corrected chi connectivity index (χ3v) is 10.3. The molecule has 0 bridgehead atoms. The number of carbonyl (C=O) groups is 2. The van der Waals surface area contributed by atoms with E-state index in [0.29, 0.717) is 47.6 Å². The van der Waals surface area contributed by atoms with Crippen molar-refractivity contribution in [2.24, 2.45) is 45.8 Å². The average molecular weight is 371 g/mol. The highest BCUT2D eigenvalue weighted by molar-refractivity contribution is 5.91. The fourth-order valence-electron chi connectivity index (χ4n) is 8.78. The van der Waals surface area contributed by atoms with E-state index in [2.05, 4.69) is 34.6 Å². The smallest absolute Gasteiger partial charge is 0.155 e. The molecule has 0 aromatic heterocycles. The number of rotatable bonds is 2. The van der Waals surface area contributed by atoms with Crippen molar-refractivity contribution in [2.75, 3.05) is 0 Å². The summed E-state index contributed by atoms with van der Waals surface area (Å²) in [5.74, 6) is 3.96. The number of carbonyl (C=O) groups excluding carboxylic acids is 2. The van der Waals surface area contributed by atoms with Gasteiger partial charge in [-0.15, -0.1) is 0 Å². The molecular weight excluding hydrogens is 332 g/mol. The molecule has 4 rings (SSSR count). The Labute approximate surface area is 165 Å². The molecule has 27 heavy (non-hydrogen) atoms. The normalized spacial score (nSPS) is 51.9. The first-order valence-electron chi connectivity index (χ1n) is 11.4. The molecule has 8 atom stereocenters. The summed E-state index contributed by atoms with van der Waals surface area (Å²) in [4.78, 5) is 25.2. The third kappa shape index (κ3) is 2.31. The van der Waals surface area contributed by atoms with Gasteiger partial charge in [0.1, 0.15) is 5.78 Å². The first-order chi connectivity index (χ1) is 12.6. The minimum atomic E-state index is -0.175. The van der Waals surface area contributed by atoms with E-state index in [0.717, 1.165) is 19.3 Å². The van der Waals surface area contributed by atoms with Crippen LogP contribution in [-0.4, -0.2) is 11.6 Å². The molecule has 0 unspecified atom stereocenters. The Morgan fingerprint density at radius 1 is 1.19 bits per heavy atom. The molecular formula is C25H38O2. The van der Waals surface area contributed by atoms with E-state index in [1.54, 1.807) is 0 Å². The SMILES string of the molecule is CCC(=O)[C@@]1(C)[C@H](C)C[C@H]2[C@@H]3CCC4=CC(=O)CC[C@]4(C)[C@H]3[C@@H](C)C[C@@]21C. The van der Waals surface area contributed by atoms with Gasteiger partial charge in [0.05, 0.1) is 0 Å². The van der Waals surface area contributed by atoms with E-state index >= 15 is 0 Å². The van der Waals surface area contributed by atoms with Crippen LogP contribution < -0.4 is 0 Å². The molecule has 0 saturated heterocycles. The predicted octanol–water partition coefficient (Wildman–Crippen LogP) is 6.00. The van der Waals surface area contributed by atoms with Gasteiger partial charge in [-0.05, 0) is 78.6 Å². The first kappa shape index (κ1) is 19.4. The number of fused-ring (bicyclic) bond motifs is 5. The van der Waals surface area contributed by atoms with Crippen molar-refractivity contribution in [3.63, 3.8) is 0 Å².